The Morgan fingerprint density at radius 1 is 1.39 bits per heavy atom. The summed E-state index contributed by atoms with van der Waals surface area (Å²) in [6.45, 7) is 7.07. The van der Waals surface area contributed by atoms with Crippen LogP contribution in [0.25, 0.3) is 0 Å². The number of rotatable bonds is 4. The van der Waals surface area contributed by atoms with Gasteiger partial charge in [0.05, 0.1) is 18.2 Å². The molecule has 1 saturated heterocycles. The summed E-state index contributed by atoms with van der Waals surface area (Å²) in [5.74, 6) is 1.40. The fourth-order valence-electron chi connectivity index (χ4n) is 2.43. The van der Waals surface area contributed by atoms with Gasteiger partial charge < -0.3 is 15.2 Å². The zero-order valence-corrected chi connectivity index (χ0v) is 11.4. The van der Waals surface area contributed by atoms with Crippen LogP contribution in [0.2, 0.25) is 0 Å². The second kappa shape index (κ2) is 5.72. The summed E-state index contributed by atoms with van der Waals surface area (Å²) in [7, 11) is 0. The van der Waals surface area contributed by atoms with Crippen LogP contribution in [0.1, 0.15) is 38.8 Å². The SMILES string of the molecule is CC(C)Oc1cccc(C(N)C2OCCC2C)c1. The molecule has 2 rings (SSSR count). The molecule has 0 saturated carbocycles. The molecule has 0 amide bonds. The van der Waals surface area contributed by atoms with Crippen molar-refractivity contribution in [3.05, 3.63) is 29.8 Å². The highest BCUT2D eigenvalue weighted by Crippen LogP contribution is 2.31. The van der Waals surface area contributed by atoms with Gasteiger partial charge in [-0.2, -0.15) is 0 Å². The van der Waals surface area contributed by atoms with E-state index in [4.69, 9.17) is 15.2 Å². The molecular formula is C15H23NO2. The van der Waals surface area contributed by atoms with Crippen LogP contribution in [-0.2, 0) is 4.74 Å². The third-order valence-corrected chi connectivity index (χ3v) is 3.41. The van der Waals surface area contributed by atoms with E-state index in [2.05, 4.69) is 6.92 Å². The van der Waals surface area contributed by atoms with Crippen LogP contribution in [0.4, 0.5) is 0 Å². The maximum Gasteiger partial charge on any atom is 0.120 e. The first kappa shape index (κ1) is 13.4. The largest absolute Gasteiger partial charge is 0.491 e. The molecule has 3 nitrogen and oxygen atoms in total. The molecule has 0 radical (unpaired) electrons. The van der Waals surface area contributed by atoms with E-state index in [0.717, 1.165) is 24.3 Å². The summed E-state index contributed by atoms with van der Waals surface area (Å²) >= 11 is 0. The predicted molar refractivity (Wildman–Crippen MR) is 72.7 cm³/mol. The van der Waals surface area contributed by atoms with Gasteiger partial charge in [-0.3, -0.25) is 0 Å². The maximum atomic E-state index is 6.31. The molecule has 0 bridgehead atoms. The highest BCUT2D eigenvalue weighted by atomic mass is 16.5. The van der Waals surface area contributed by atoms with Crippen molar-refractivity contribution in [1.29, 1.82) is 0 Å². The summed E-state index contributed by atoms with van der Waals surface area (Å²) in [6.07, 6.45) is 1.40. The van der Waals surface area contributed by atoms with Crippen LogP contribution in [0.15, 0.2) is 24.3 Å². The summed E-state index contributed by atoms with van der Waals surface area (Å²) in [5.41, 5.74) is 7.40. The number of nitrogens with two attached hydrogens (primary N) is 1. The lowest BCUT2D eigenvalue weighted by Gasteiger charge is -2.23. The lowest BCUT2D eigenvalue weighted by Crippen LogP contribution is -2.29. The fourth-order valence-corrected chi connectivity index (χ4v) is 2.43. The van der Waals surface area contributed by atoms with Gasteiger partial charge in [-0.05, 0) is 43.9 Å². The number of hydrogen-bond acceptors (Lipinski definition) is 3. The van der Waals surface area contributed by atoms with Crippen LogP contribution in [0, 0.1) is 5.92 Å². The van der Waals surface area contributed by atoms with E-state index in [1.165, 1.54) is 0 Å². The topological polar surface area (TPSA) is 44.5 Å². The molecule has 1 heterocycles. The zero-order valence-electron chi connectivity index (χ0n) is 11.4. The van der Waals surface area contributed by atoms with E-state index < -0.39 is 0 Å². The minimum absolute atomic E-state index is 0.0711. The molecule has 1 aliphatic rings. The Labute approximate surface area is 109 Å². The van der Waals surface area contributed by atoms with E-state index in [1.54, 1.807) is 0 Å². The van der Waals surface area contributed by atoms with Crippen molar-refractivity contribution in [3.8, 4) is 5.75 Å². The van der Waals surface area contributed by atoms with Gasteiger partial charge in [0.1, 0.15) is 5.75 Å². The molecule has 1 fully saturated rings. The van der Waals surface area contributed by atoms with Crippen molar-refractivity contribution in [2.75, 3.05) is 6.61 Å². The fraction of sp³-hybridized carbons (Fsp3) is 0.600. The Kier molecular flexibility index (Phi) is 4.25. The van der Waals surface area contributed by atoms with Crippen LogP contribution in [0.3, 0.4) is 0 Å². The smallest absolute Gasteiger partial charge is 0.120 e. The lowest BCUT2D eigenvalue weighted by molar-refractivity contribution is 0.0724. The average Bonchev–Trinajstić information content (AvgIpc) is 2.74. The van der Waals surface area contributed by atoms with Crippen molar-refractivity contribution in [2.45, 2.75) is 45.4 Å². The van der Waals surface area contributed by atoms with Crippen molar-refractivity contribution in [2.24, 2.45) is 11.7 Å². The van der Waals surface area contributed by atoms with Gasteiger partial charge in [-0.1, -0.05) is 19.1 Å². The van der Waals surface area contributed by atoms with Crippen molar-refractivity contribution in [3.63, 3.8) is 0 Å². The highest BCUT2D eigenvalue weighted by molar-refractivity contribution is 5.31. The van der Waals surface area contributed by atoms with E-state index in [0.29, 0.717) is 5.92 Å². The summed E-state index contributed by atoms with van der Waals surface area (Å²) in [5, 5.41) is 0. The van der Waals surface area contributed by atoms with Crippen molar-refractivity contribution in [1.82, 2.24) is 0 Å². The second-order valence-corrected chi connectivity index (χ2v) is 5.37. The minimum atomic E-state index is -0.0711. The first-order valence-corrected chi connectivity index (χ1v) is 6.71. The summed E-state index contributed by atoms with van der Waals surface area (Å²) in [4.78, 5) is 0. The van der Waals surface area contributed by atoms with Gasteiger partial charge in [0, 0.05) is 6.61 Å². The van der Waals surface area contributed by atoms with E-state index in [1.807, 2.05) is 38.1 Å². The van der Waals surface area contributed by atoms with Crippen LogP contribution >= 0.6 is 0 Å². The molecule has 3 unspecified atom stereocenters. The van der Waals surface area contributed by atoms with Gasteiger partial charge in [0.15, 0.2) is 0 Å². The second-order valence-electron chi connectivity index (χ2n) is 5.37. The molecule has 0 aromatic heterocycles. The highest BCUT2D eigenvalue weighted by Gasteiger charge is 2.30. The van der Waals surface area contributed by atoms with Gasteiger partial charge in [0.25, 0.3) is 0 Å². The molecule has 1 aromatic carbocycles. The number of ether oxygens (including phenoxy) is 2. The third-order valence-electron chi connectivity index (χ3n) is 3.41. The molecule has 100 valence electrons. The summed E-state index contributed by atoms with van der Waals surface area (Å²) < 4.78 is 11.4. The Morgan fingerprint density at radius 3 is 2.78 bits per heavy atom. The van der Waals surface area contributed by atoms with E-state index in [-0.39, 0.29) is 18.2 Å². The molecule has 3 heteroatoms. The maximum absolute atomic E-state index is 6.31. The average molecular weight is 249 g/mol. The molecule has 3 atom stereocenters. The van der Waals surface area contributed by atoms with Crippen LogP contribution in [0.5, 0.6) is 5.75 Å². The van der Waals surface area contributed by atoms with Gasteiger partial charge >= 0.3 is 0 Å². The van der Waals surface area contributed by atoms with Crippen molar-refractivity contribution >= 4 is 0 Å². The molecule has 2 N–H and O–H groups in total. The molecule has 18 heavy (non-hydrogen) atoms. The van der Waals surface area contributed by atoms with E-state index in [9.17, 15) is 0 Å². The molecular weight excluding hydrogens is 226 g/mol. The Morgan fingerprint density at radius 2 is 2.17 bits per heavy atom. The first-order valence-electron chi connectivity index (χ1n) is 6.71. The molecule has 1 aliphatic heterocycles. The normalized spacial score (nSPS) is 25.4. The van der Waals surface area contributed by atoms with Crippen LogP contribution in [-0.4, -0.2) is 18.8 Å². The summed E-state index contributed by atoms with van der Waals surface area (Å²) in [6, 6.07) is 7.96. The Hall–Kier alpha value is -1.06. The third kappa shape index (κ3) is 3.03. The lowest BCUT2D eigenvalue weighted by atomic mass is 9.93. The standard InChI is InChI=1S/C15H23NO2/c1-10(2)18-13-6-4-5-12(9-13)14(16)15-11(3)7-8-17-15/h4-6,9-11,14-15H,7-8,16H2,1-3H3. The number of hydrogen-bond donors (Lipinski definition) is 1. The zero-order chi connectivity index (χ0) is 13.1. The minimum Gasteiger partial charge on any atom is -0.491 e. The van der Waals surface area contributed by atoms with Gasteiger partial charge in [-0.25, -0.2) is 0 Å². The Balaban J connectivity index is 2.12. The van der Waals surface area contributed by atoms with Gasteiger partial charge in [-0.15, -0.1) is 0 Å². The van der Waals surface area contributed by atoms with Crippen LogP contribution < -0.4 is 10.5 Å². The molecule has 0 spiro atoms. The quantitative estimate of drug-likeness (QED) is 0.892. The predicted octanol–water partition coefficient (Wildman–Crippen LogP) is 2.90. The first-order chi connectivity index (χ1) is 8.58. The number of benzene rings is 1. The van der Waals surface area contributed by atoms with Crippen molar-refractivity contribution < 1.29 is 9.47 Å². The Bertz CT molecular complexity index is 392. The van der Waals surface area contributed by atoms with Gasteiger partial charge in [0.2, 0.25) is 0 Å². The van der Waals surface area contributed by atoms with E-state index >= 15 is 0 Å². The molecule has 0 aliphatic carbocycles. The molecule has 1 aromatic rings. The monoisotopic (exact) mass is 249 g/mol.